The molecule has 7 aromatic carbocycles. The van der Waals surface area contributed by atoms with Crippen molar-refractivity contribution in [2.45, 2.75) is 0 Å². The first-order valence-electron chi connectivity index (χ1n) is 17.8. The molecule has 0 fully saturated rings. The van der Waals surface area contributed by atoms with E-state index in [1.165, 1.54) is 18.2 Å². The number of aromatic nitrogens is 3. The topological polar surface area (TPSA) is 90.6 Å². The fraction of sp³-hybridized carbons (Fsp3) is 0. The van der Waals surface area contributed by atoms with E-state index in [0.29, 0.717) is 72.0 Å². The molecular formula is C48H22F4N6. The van der Waals surface area contributed by atoms with Gasteiger partial charge in [-0.25, -0.2) is 37.4 Å². The molecule has 0 saturated heterocycles. The minimum absolute atomic E-state index is 0.162. The van der Waals surface area contributed by atoms with E-state index < -0.39 is 34.4 Å². The predicted octanol–water partition coefficient (Wildman–Crippen LogP) is 12.5. The SMILES string of the molecule is [C-]#[N+]c1ccc(-c2nc3c(-c4ccccc4)cc4c(-c5ccccc5-c5c(F)c(F)c(C#N)c(F)c5F)nc5ccccc5c4c3nc2-c2ccc(C#N)cc2)cc1. The molecule has 0 saturated carbocycles. The van der Waals surface area contributed by atoms with Crippen LogP contribution in [0.3, 0.4) is 0 Å². The van der Waals surface area contributed by atoms with Gasteiger partial charge >= 0.3 is 0 Å². The smallest absolute Gasteiger partial charge is 0.187 e. The summed E-state index contributed by atoms with van der Waals surface area (Å²) < 4.78 is 61.9. The molecule has 0 atom stereocenters. The van der Waals surface area contributed by atoms with Gasteiger partial charge in [0.15, 0.2) is 29.0 Å². The van der Waals surface area contributed by atoms with Gasteiger partial charge in [0.1, 0.15) is 11.6 Å². The molecule has 2 aromatic heterocycles. The van der Waals surface area contributed by atoms with E-state index in [4.69, 9.17) is 21.5 Å². The van der Waals surface area contributed by atoms with Crippen LogP contribution in [0.5, 0.6) is 0 Å². The Bertz CT molecular complexity index is 3260. The van der Waals surface area contributed by atoms with Crippen molar-refractivity contribution in [3.05, 3.63) is 179 Å². The fourth-order valence-electron chi connectivity index (χ4n) is 7.35. The Labute approximate surface area is 328 Å². The Balaban J connectivity index is 1.46. The van der Waals surface area contributed by atoms with Gasteiger partial charge in [-0.3, -0.25) is 0 Å². The Kier molecular flexibility index (Phi) is 8.62. The second kappa shape index (κ2) is 14.1. The number of nitriles is 2. The highest BCUT2D eigenvalue weighted by Gasteiger charge is 2.29. The van der Waals surface area contributed by atoms with Gasteiger partial charge in [0.2, 0.25) is 0 Å². The number of rotatable bonds is 5. The van der Waals surface area contributed by atoms with Crippen LogP contribution in [0.2, 0.25) is 0 Å². The van der Waals surface area contributed by atoms with Gasteiger partial charge in [0, 0.05) is 32.8 Å². The zero-order valence-electron chi connectivity index (χ0n) is 29.9. The van der Waals surface area contributed by atoms with Crippen molar-refractivity contribution in [3.8, 4) is 68.2 Å². The van der Waals surface area contributed by atoms with Crippen molar-refractivity contribution in [2.24, 2.45) is 0 Å². The number of fused-ring (bicyclic) bond motifs is 5. The number of halogens is 4. The van der Waals surface area contributed by atoms with Gasteiger partial charge in [-0.15, -0.1) is 0 Å². The van der Waals surface area contributed by atoms with E-state index in [1.54, 1.807) is 72.8 Å². The monoisotopic (exact) mass is 758 g/mol. The third-order valence-electron chi connectivity index (χ3n) is 10.1. The molecule has 0 radical (unpaired) electrons. The molecule has 0 unspecified atom stereocenters. The van der Waals surface area contributed by atoms with Crippen LogP contribution >= 0.6 is 0 Å². The largest absolute Gasteiger partial charge is 0.247 e. The summed E-state index contributed by atoms with van der Waals surface area (Å²) in [6, 6.07) is 42.0. The number of hydrogen-bond acceptors (Lipinski definition) is 5. The van der Waals surface area contributed by atoms with Crippen molar-refractivity contribution in [1.29, 1.82) is 10.5 Å². The second-order valence-electron chi connectivity index (χ2n) is 13.3. The average molecular weight is 759 g/mol. The summed E-state index contributed by atoms with van der Waals surface area (Å²) >= 11 is 0. The summed E-state index contributed by atoms with van der Waals surface area (Å²) in [4.78, 5) is 19.3. The Morgan fingerprint density at radius 2 is 1.09 bits per heavy atom. The molecule has 0 aliphatic rings. The number of nitrogens with zero attached hydrogens (tertiary/aromatic N) is 6. The Morgan fingerprint density at radius 1 is 0.500 bits per heavy atom. The maximum absolute atomic E-state index is 15.8. The molecule has 10 heteroatoms. The van der Waals surface area contributed by atoms with Crippen LogP contribution in [-0.2, 0) is 0 Å². The summed E-state index contributed by atoms with van der Waals surface area (Å²) in [5.41, 5.74) is 4.02. The third kappa shape index (κ3) is 5.66. The lowest BCUT2D eigenvalue weighted by Gasteiger charge is -2.19. The van der Waals surface area contributed by atoms with E-state index >= 15 is 17.6 Å². The predicted molar refractivity (Wildman–Crippen MR) is 215 cm³/mol. The second-order valence-corrected chi connectivity index (χ2v) is 13.3. The average Bonchev–Trinajstić information content (AvgIpc) is 3.28. The van der Waals surface area contributed by atoms with Crippen LogP contribution in [0.25, 0.3) is 93.6 Å². The lowest BCUT2D eigenvalue weighted by Crippen LogP contribution is -2.05. The van der Waals surface area contributed by atoms with Gasteiger partial charge in [-0.2, -0.15) is 10.5 Å². The van der Waals surface area contributed by atoms with Crippen LogP contribution in [0.1, 0.15) is 11.1 Å². The lowest BCUT2D eigenvalue weighted by molar-refractivity contribution is 0.454. The van der Waals surface area contributed by atoms with E-state index in [9.17, 15) is 10.5 Å². The van der Waals surface area contributed by atoms with Gasteiger partial charge in [0.05, 0.1) is 57.4 Å². The Morgan fingerprint density at radius 3 is 1.72 bits per heavy atom. The highest BCUT2D eigenvalue weighted by Crippen LogP contribution is 2.45. The van der Waals surface area contributed by atoms with Crippen molar-refractivity contribution in [2.75, 3.05) is 0 Å². The summed E-state index contributed by atoms with van der Waals surface area (Å²) in [6.07, 6.45) is 0. The minimum Gasteiger partial charge on any atom is -0.247 e. The first-order chi connectivity index (χ1) is 28.3. The van der Waals surface area contributed by atoms with Gasteiger partial charge < -0.3 is 0 Å². The van der Waals surface area contributed by atoms with Crippen molar-refractivity contribution in [1.82, 2.24) is 15.0 Å². The third-order valence-corrected chi connectivity index (χ3v) is 10.1. The van der Waals surface area contributed by atoms with E-state index in [1.807, 2.05) is 48.5 Å². The summed E-state index contributed by atoms with van der Waals surface area (Å²) in [5.74, 6) is -7.02. The van der Waals surface area contributed by atoms with E-state index in [-0.39, 0.29) is 16.8 Å². The van der Waals surface area contributed by atoms with Crippen LogP contribution in [0.15, 0.2) is 133 Å². The van der Waals surface area contributed by atoms with Crippen molar-refractivity contribution >= 4 is 38.4 Å². The molecule has 0 aliphatic heterocycles. The maximum atomic E-state index is 15.8. The van der Waals surface area contributed by atoms with Gasteiger partial charge in [0.25, 0.3) is 0 Å². The fourth-order valence-corrected chi connectivity index (χ4v) is 7.35. The van der Waals surface area contributed by atoms with Crippen LogP contribution < -0.4 is 0 Å². The number of benzene rings is 7. The molecule has 0 amide bonds. The molecule has 272 valence electrons. The number of para-hydroxylation sites is 1. The Hall–Kier alpha value is -8.26. The molecule has 0 bridgehead atoms. The van der Waals surface area contributed by atoms with Gasteiger partial charge in [-0.05, 0) is 41.0 Å². The quantitative estimate of drug-likeness (QED) is 0.0754. The standard InChI is InChI=1S/C48H22F4N6/c1-55-30-21-19-29(20-22-30)44-45(28-17-15-26(24-53)16-18-28)58-48-38-33-13-7-8-14-37(33)56-46(35(38)23-34(47(48)57-44)27-9-3-2-4-10-27)32-12-6-5-11-31(32)39-42(51)40(49)36(25-54)41(50)43(39)52/h2-23H. The molecule has 6 nitrogen and oxygen atoms in total. The van der Waals surface area contributed by atoms with Crippen LogP contribution in [0, 0.1) is 52.5 Å². The van der Waals surface area contributed by atoms with Crippen LogP contribution in [-0.4, -0.2) is 15.0 Å². The highest BCUT2D eigenvalue weighted by atomic mass is 19.2. The maximum Gasteiger partial charge on any atom is 0.187 e. The zero-order valence-corrected chi connectivity index (χ0v) is 29.9. The molecule has 9 aromatic rings. The first-order valence-corrected chi connectivity index (χ1v) is 17.8. The normalized spacial score (nSPS) is 11.1. The summed E-state index contributed by atoms with van der Waals surface area (Å²) in [5, 5.41) is 20.6. The highest BCUT2D eigenvalue weighted by molar-refractivity contribution is 6.24. The van der Waals surface area contributed by atoms with Gasteiger partial charge in [-0.1, -0.05) is 109 Å². The molecule has 9 rings (SSSR count). The molecule has 0 N–H and O–H groups in total. The van der Waals surface area contributed by atoms with Crippen molar-refractivity contribution < 1.29 is 17.6 Å². The van der Waals surface area contributed by atoms with E-state index in [0.717, 1.165) is 5.56 Å². The first kappa shape index (κ1) is 35.4. The lowest BCUT2D eigenvalue weighted by atomic mass is 9.90. The van der Waals surface area contributed by atoms with E-state index in [2.05, 4.69) is 10.9 Å². The number of pyridine rings is 1. The van der Waals surface area contributed by atoms with Crippen LogP contribution in [0.4, 0.5) is 23.2 Å². The summed E-state index contributed by atoms with van der Waals surface area (Å²) in [6.45, 7) is 7.49. The molecule has 0 spiro atoms. The van der Waals surface area contributed by atoms with Crippen molar-refractivity contribution in [3.63, 3.8) is 0 Å². The molecule has 0 aliphatic carbocycles. The molecule has 58 heavy (non-hydrogen) atoms. The molecule has 2 heterocycles. The molecular weight excluding hydrogens is 737 g/mol. The number of hydrogen-bond donors (Lipinski definition) is 0. The summed E-state index contributed by atoms with van der Waals surface area (Å²) in [7, 11) is 0. The minimum atomic E-state index is -1.80. The zero-order chi connectivity index (χ0) is 40.1.